The summed E-state index contributed by atoms with van der Waals surface area (Å²) in [5.74, 6) is 0.778. The zero-order valence-corrected chi connectivity index (χ0v) is 20.7. The van der Waals surface area contributed by atoms with Crippen molar-refractivity contribution in [1.29, 1.82) is 0 Å². The van der Waals surface area contributed by atoms with Crippen molar-refractivity contribution in [2.75, 3.05) is 43.5 Å². The van der Waals surface area contributed by atoms with Crippen molar-refractivity contribution in [3.8, 4) is 5.75 Å². The molecule has 2 aliphatic rings. The highest BCUT2D eigenvalue weighted by Gasteiger charge is 2.34. The highest BCUT2D eigenvalue weighted by Crippen LogP contribution is 2.36. The number of nitrogens with zero attached hydrogens (tertiary/aromatic N) is 3. The van der Waals surface area contributed by atoms with Gasteiger partial charge in [0.1, 0.15) is 11.9 Å². The average Bonchev–Trinajstić information content (AvgIpc) is 2.86. The average molecular weight is 465 g/mol. The number of anilines is 2. The second-order valence-electron chi connectivity index (χ2n) is 9.55. The van der Waals surface area contributed by atoms with E-state index in [9.17, 15) is 9.59 Å². The van der Waals surface area contributed by atoms with Crippen LogP contribution in [0.25, 0.3) is 0 Å². The first kappa shape index (κ1) is 23.9. The lowest BCUT2D eigenvalue weighted by Crippen LogP contribution is -2.52. The van der Waals surface area contributed by atoms with Crippen LogP contribution in [0.5, 0.6) is 5.75 Å². The standard InChI is InChI=1S/C27H36N4O3/c1-5-23-18-31(24-16-19(2)6-11-25(24)34-23)27(33)30-14-12-21(13-15-30)26(32)28-17-20-7-9-22(10-8-20)29(3)4/h6-11,16,21,23H,5,12-15,17-18H2,1-4H3,(H,28,32)/t23-/m0/s1. The number of fused-ring (bicyclic) bond motifs is 1. The van der Waals surface area contributed by atoms with Crippen LogP contribution in [0.2, 0.25) is 0 Å². The fourth-order valence-corrected chi connectivity index (χ4v) is 4.60. The first-order valence-electron chi connectivity index (χ1n) is 12.2. The van der Waals surface area contributed by atoms with Gasteiger partial charge in [-0.25, -0.2) is 4.79 Å². The molecule has 7 heteroatoms. The molecule has 2 aromatic rings. The molecule has 0 unspecified atom stereocenters. The number of piperidine rings is 1. The first-order chi connectivity index (χ1) is 16.4. The number of rotatable bonds is 5. The maximum Gasteiger partial charge on any atom is 0.324 e. The van der Waals surface area contributed by atoms with Crippen molar-refractivity contribution >= 4 is 23.3 Å². The van der Waals surface area contributed by atoms with Crippen molar-refractivity contribution < 1.29 is 14.3 Å². The van der Waals surface area contributed by atoms with Gasteiger partial charge in [0.15, 0.2) is 0 Å². The number of carbonyl (C=O) groups excluding carboxylic acids is 2. The van der Waals surface area contributed by atoms with E-state index in [1.807, 2.05) is 61.2 Å². The van der Waals surface area contributed by atoms with E-state index in [0.717, 1.165) is 34.7 Å². The van der Waals surface area contributed by atoms with E-state index in [-0.39, 0.29) is 24.0 Å². The fourth-order valence-electron chi connectivity index (χ4n) is 4.60. The monoisotopic (exact) mass is 464 g/mol. The van der Waals surface area contributed by atoms with Crippen LogP contribution in [-0.4, -0.2) is 56.7 Å². The van der Waals surface area contributed by atoms with Gasteiger partial charge in [-0.3, -0.25) is 9.69 Å². The molecule has 34 heavy (non-hydrogen) atoms. The predicted molar refractivity (Wildman–Crippen MR) is 136 cm³/mol. The molecule has 1 fully saturated rings. The normalized spacial score (nSPS) is 18.2. The topological polar surface area (TPSA) is 65.1 Å². The largest absolute Gasteiger partial charge is 0.486 e. The lowest BCUT2D eigenvalue weighted by Gasteiger charge is -2.39. The van der Waals surface area contributed by atoms with Gasteiger partial charge in [0.05, 0.1) is 12.2 Å². The van der Waals surface area contributed by atoms with Gasteiger partial charge in [0.25, 0.3) is 0 Å². The third-order valence-corrected chi connectivity index (χ3v) is 6.83. The SMILES string of the molecule is CC[C@H]1CN(C(=O)N2CCC(C(=O)NCc3ccc(N(C)C)cc3)CC2)c2cc(C)ccc2O1. The number of hydrogen-bond acceptors (Lipinski definition) is 4. The molecule has 0 saturated carbocycles. The van der Waals surface area contributed by atoms with Crippen molar-refractivity contribution in [1.82, 2.24) is 10.2 Å². The summed E-state index contributed by atoms with van der Waals surface area (Å²) in [5.41, 5.74) is 4.16. The molecule has 0 aliphatic carbocycles. The Morgan fingerprint density at radius 1 is 1.09 bits per heavy atom. The second-order valence-corrected chi connectivity index (χ2v) is 9.55. The number of amides is 3. The number of nitrogens with one attached hydrogen (secondary N) is 1. The molecule has 2 heterocycles. The van der Waals surface area contributed by atoms with Gasteiger partial charge >= 0.3 is 6.03 Å². The number of aryl methyl sites for hydroxylation is 1. The Hall–Kier alpha value is -3.22. The van der Waals surface area contributed by atoms with Crippen LogP contribution < -0.4 is 19.9 Å². The van der Waals surface area contributed by atoms with E-state index in [1.54, 1.807) is 0 Å². The zero-order chi connectivity index (χ0) is 24.2. The maximum absolute atomic E-state index is 13.4. The van der Waals surface area contributed by atoms with E-state index in [0.29, 0.717) is 39.0 Å². The van der Waals surface area contributed by atoms with Crippen LogP contribution in [0, 0.1) is 12.8 Å². The molecule has 7 nitrogen and oxygen atoms in total. The summed E-state index contributed by atoms with van der Waals surface area (Å²) in [5, 5.41) is 3.07. The van der Waals surface area contributed by atoms with Gasteiger partial charge in [0, 0.05) is 45.3 Å². The lowest BCUT2D eigenvalue weighted by atomic mass is 9.96. The molecule has 1 saturated heterocycles. The Balaban J connectivity index is 1.32. The van der Waals surface area contributed by atoms with Crippen LogP contribution in [-0.2, 0) is 11.3 Å². The molecule has 3 amide bonds. The minimum absolute atomic E-state index is 0.00531. The third-order valence-electron chi connectivity index (χ3n) is 6.83. The van der Waals surface area contributed by atoms with Gasteiger partial charge in [-0.15, -0.1) is 0 Å². The molecule has 1 N–H and O–H groups in total. The lowest BCUT2D eigenvalue weighted by molar-refractivity contribution is -0.126. The van der Waals surface area contributed by atoms with Gasteiger partial charge in [-0.2, -0.15) is 0 Å². The minimum atomic E-state index is -0.0623. The molecule has 0 aromatic heterocycles. The molecular weight excluding hydrogens is 428 g/mol. The number of benzene rings is 2. The van der Waals surface area contributed by atoms with E-state index in [1.165, 1.54) is 0 Å². The summed E-state index contributed by atoms with van der Waals surface area (Å²) in [6.45, 7) is 6.35. The number of urea groups is 1. The first-order valence-corrected chi connectivity index (χ1v) is 12.2. The quantitative estimate of drug-likeness (QED) is 0.721. The number of hydrogen-bond donors (Lipinski definition) is 1. The summed E-state index contributed by atoms with van der Waals surface area (Å²) in [6, 6.07) is 14.2. The molecule has 1 atom stereocenters. The van der Waals surface area contributed by atoms with E-state index in [2.05, 4.69) is 29.3 Å². The maximum atomic E-state index is 13.4. The predicted octanol–water partition coefficient (Wildman–Crippen LogP) is 4.19. The van der Waals surface area contributed by atoms with Crippen molar-refractivity contribution in [3.05, 3.63) is 53.6 Å². The van der Waals surface area contributed by atoms with E-state index in [4.69, 9.17) is 4.74 Å². The molecule has 0 bridgehead atoms. The number of ether oxygens (including phenoxy) is 1. The van der Waals surface area contributed by atoms with Gasteiger partial charge in [-0.05, 0) is 61.6 Å². The van der Waals surface area contributed by atoms with Crippen LogP contribution in [0.3, 0.4) is 0 Å². The fraction of sp³-hybridized carbons (Fsp3) is 0.481. The van der Waals surface area contributed by atoms with Gasteiger partial charge in [-0.1, -0.05) is 25.1 Å². The molecule has 0 radical (unpaired) electrons. The van der Waals surface area contributed by atoms with Crippen molar-refractivity contribution in [2.24, 2.45) is 5.92 Å². The Morgan fingerprint density at radius 3 is 2.44 bits per heavy atom. The molecule has 182 valence electrons. The second kappa shape index (κ2) is 10.4. The van der Waals surface area contributed by atoms with Crippen LogP contribution >= 0.6 is 0 Å². The smallest absolute Gasteiger partial charge is 0.324 e. The Kier molecular flexibility index (Phi) is 7.29. The van der Waals surface area contributed by atoms with E-state index >= 15 is 0 Å². The van der Waals surface area contributed by atoms with E-state index < -0.39 is 0 Å². The molecule has 2 aromatic carbocycles. The number of carbonyl (C=O) groups is 2. The highest BCUT2D eigenvalue weighted by molar-refractivity contribution is 5.94. The third kappa shape index (κ3) is 5.29. The Bertz CT molecular complexity index is 1010. The molecule has 2 aliphatic heterocycles. The molecule has 0 spiro atoms. The summed E-state index contributed by atoms with van der Waals surface area (Å²) in [6.07, 6.45) is 2.20. The van der Waals surface area contributed by atoms with Crippen molar-refractivity contribution in [2.45, 2.75) is 45.8 Å². The summed E-state index contributed by atoms with van der Waals surface area (Å²) in [4.78, 5) is 32.0. The van der Waals surface area contributed by atoms with Crippen molar-refractivity contribution in [3.63, 3.8) is 0 Å². The molecule has 4 rings (SSSR count). The Labute approximate surface area is 202 Å². The summed E-state index contributed by atoms with van der Waals surface area (Å²) >= 11 is 0. The van der Waals surface area contributed by atoms with Crippen LogP contribution in [0.1, 0.15) is 37.3 Å². The molecular formula is C27H36N4O3. The van der Waals surface area contributed by atoms with Crippen LogP contribution in [0.15, 0.2) is 42.5 Å². The van der Waals surface area contributed by atoms with Gasteiger partial charge < -0.3 is 19.9 Å². The summed E-state index contributed by atoms with van der Waals surface area (Å²) in [7, 11) is 4.02. The highest BCUT2D eigenvalue weighted by atomic mass is 16.5. The summed E-state index contributed by atoms with van der Waals surface area (Å²) < 4.78 is 6.07. The number of likely N-dealkylation sites (tertiary alicyclic amines) is 1. The van der Waals surface area contributed by atoms with Gasteiger partial charge in [0.2, 0.25) is 5.91 Å². The zero-order valence-electron chi connectivity index (χ0n) is 20.7. The Morgan fingerprint density at radius 2 is 1.79 bits per heavy atom. The van der Waals surface area contributed by atoms with Crippen LogP contribution in [0.4, 0.5) is 16.2 Å². The minimum Gasteiger partial charge on any atom is -0.486 e.